The Hall–Kier alpha value is -3.47. The van der Waals surface area contributed by atoms with E-state index in [1.807, 2.05) is 30.3 Å². The Morgan fingerprint density at radius 3 is 2.61 bits per heavy atom. The van der Waals surface area contributed by atoms with Crippen LogP contribution in [0, 0.1) is 24.7 Å². The molecule has 4 rings (SSSR count). The molecule has 0 aliphatic carbocycles. The molecule has 218 valence electrons. The van der Waals surface area contributed by atoms with E-state index in [2.05, 4.69) is 64.0 Å². The Labute approximate surface area is 246 Å². The summed E-state index contributed by atoms with van der Waals surface area (Å²) in [4.78, 5) is 26.0. The number of nitrogens with one attached hydrogen (secondary N) is 2. The average Bonchev–Trinajstić information content (AvgIpc) is 3.00. The van der Waals surface area contributed by atoms with Gasteiger partial charge >= 0.3 is 0 Å². The van der Waals surface area contributed by atoms with Crippen molar-refractivity contribution in [3.8, 4) is 23.1 Å². The zero-order valence-electron chi connectivity index (χ0n) is 24.9. The van der Waals surface area contributed by atoms with Crippen molar-refractivity contribution in [1.82, 2.24) is 20.1 Å². The highest BCUT2D eigenvalue weighted by Gasteiger charge is 2.16. The van der Waals surface area contributed by atoms with Crippen molar-refractivity contribution in [1.29, 1.82) is 0 Å². The summed E-state index contributed by atoms with van der Waals surface area (Å²) >= 11 is 0. The minimum Gasteiger partial charge on any atom is -0.385 e. The molecule has 0 atom stereocenters. The lowest BCUT2D eigenvalue weighted by Crippen LogP contribution is -2.32. The van der Waals surface area contributed by atoms with Crippen molar-refractivity contribution in [3.05, 3.63) is 53.4 Å². The lowest BCUT2D eigenvalue weighted by Gasteiger charge is -2.28. The number of aliphatic imine (C=N–C) groups is 1. The first-order chi connectivity index (χ1) is 20.0. The third kappa shape index (κ3) is 9.84. The quantitative estimate of drug-likeness (QED) is 0.227. The Kier molecular flexibility index (Phi) is 12.0. The lowest BCUT2D eigenvalue weighted by atomic mass is 9.94. The molecule has 41 heavy (non-hydrogen) atoms. The van der Waals surface area contributed by atoms with Gasteiger partial charge in [-0.2, -0.15) is 0 Å². The standard InChI is InChI=1S/C34H46N6O/c1-27-31(15-19-35-2)38-33(26-32(27)36-18-7-23-40-21-5-4-6-22-40)30-11-8-28(9-12-30)10-13-34(41)37-20-14-29-16-24-39(3)25-17-29/h8-9,11-12,15,19,26,29H,2,4-7,14,16-18,20-25H2,1,3H3,(H,36,38)(H,37,41)/b19-15-. The number of anilines is 1. The second kappa shape index (κ2) is 16.1. The number of hydrogen-bond donors (Lipinski definition) is 2. The molecule has 1 aromatic heterocycles. The minimum absolute atomic E-state index is 0.217. The highest BCUT2D eigenvalue weighted by Crippen LogP contribution is 2.27. The van der Waals surface area contributed by atoms with Crippen LogP contribution in [0.25, 0.3) is 17.3 Å². The fraction of sp³-hybridized carbons (Fsp3) is 0.500. The van der Waals surface area contributed by atoms with Crippen LogP contribution in [0.4, 0.5) is 5.69 Å². The van der Waals surface area contributed by atoms with Crippen LogP contribution in [0.1, 0.15) is 61.8 Å². The van der Waals surface area contributed by atoms with Gasteiger partial charge in [0.2, 0.25) is 0 Å². The number of amides is 1. The van der Waals surface area contributed by atoms with Crippen molar-refractivity contribution in [3.63, 3.8) is 0 Å². The first-order valence-corrected chi connectivity index (χ1v) is 15.2. The molecule has 1 amide bonds. The van der Waals surface area contributed by atoms with Gasteiger partial charge in [0.05, 0.1) is 11.4 Å². The summed E-state index contributed by atoms with van der Waals surface area (Å²) in [6.45, 7) is 13.1. The molecular formula is C34H46N6O. The number of aromatic nitrogens is 1. The highest BCUT2D eigenvalue weighted by atomic mass is 16.1. The lowest BCUT2D eigenvalue weighted by molar-refractivity contribution is -0.115. The molecule has 2 N–H and O–H groups in total. The number of piperidine rings is 2. The maximum atomic E-state index is 12.3. The van der Waals surface area contributed by atoms with Gasteiger partial charge in [-0.25, -0.2) is 4.98 Å². The molecule has 2 fully saturated rings. The van der Waals surface area contributed by atoms with Gasteiger partial charge in [0.15, 0.2) is 0 Å². The van der Waals surface area contributed by atoms with E-state index in [1.165, 1.54) is 45.2 Å². The summed E-state index contributed by atoms with van der Waals surface area (Å²) in [5, 5.41) is 6.61. The summed E-state index contributed by atoms with van der Waals surface area (Å²) < 4.78 is 0. The largest absolute Gasteiger partial charge is 0.385 e. The van der Waals surface area contributed by atoms with E-state index in [0.717, 1.165) is 72.8 Å². The predicted octanol–water partition coefficient (Wildman–Crippen LogP) is 5.22. The number of likely N-dealkylation sites (tertiary alicyclic amines) is 2. The van der Waals surface area contributed by atoms with Crippen molar-refractivity contribution in [2.45, 2.75) is 51.9 Å². The van der Waals surface area contributed by atoms with Gasteiger partial charge in [0.1, 0.15) is 0 Å². The van der Waals surface area contributed by atoms with Crippen LogP contribution in [-0.2, 0) is 4.79 Å². The van der Waals surface area contributed by atoms with Gasteiger partial charge in [-0.3, -0.25) is 9.79 Å². The number of pyridine rings is 1. The van der Waals surface area contributed by atoms with E-state index >= 15 is 0 Å². The van der Waals surface area contributed by atoms with Crippen molar-refractivity contribution in [2.24, 2.45) is 10.9 Å². The zero-order valence-corrected chi connectivity index (χ0v) is 24.9. The molecule has 3 heterocycles. The summed E-state index contributed by atoms with van der Waals surface area (Å²) in [6, 6.07) is 10.0. The number of benzene rings is 1. The second-order valence-electron chi connectivity index (χ2n) is 11.4. The monoisotopic (exact) mass is 554 g/mol. The van der Waals surface area contributed by atoms with Crippen LogP contribution in [0.3, 0.4) is 0 Å². The van der Waals surface area contributed by atoms with Gasteiger partial charge < -0.3 is 20.4 Å². The first kappa shape index (κ1) is 30.5. The Morgan fingerprint density at radius 2 is 1.88 bits per heavy atom. The summed E-state index contributed by atoms with van der Waals surface area (Å²) in [5.41, 5.74) is 5.72. The van der Waals surface area contributed by atoms with E-state index < -0.39 is 0 Å². The topological polar surface area (TPSA) is 72.9 Å². The molecule has 0 radical (unpaired) electrons. The van der Waals surface area contributed by atoms with Gasteiger partial charge in [-0.05, 0) is 128 Å². The van der Waals surface area contributed by atoms with Gasteiger partial charge in [-0.1, -0.05) is 24.5 Å². The van der Waals surface area contributed by atoms with Crippen molar-refractivity contribution < 1.29 is 4.79 Å². The molecule has 7 heteroatoms. The molecule has 0 saturated carbocycles. The molecule has 0 unspecified atom stereocenters. The van der Waals surface area contributed by atoms with E-state index in [0.29, 0.717) is 12.5 Å². The third-order valence-corrected chi connectivity index (χ3v) is 8.24. The van der Waals surface area contributed by atoms with Crippen LogP contribution in [-0.4, -0.2) is 80.3 Å². The molecule has 7 nitrogen and oxygen atoms in total. The fourth-order valence-electron chi connectivity index (χ4n) is 5.59. The highest BCUT2D eigenvalue weighted by molar-refractivity contribution is 5.94. The van der Waals surface area contributed by atoms with E-state index in [-0.39, 0.29) is 5.91 Å². The smallest absolute Gasteiger partial charge is 0.296 e. The zero-order chi connectivity index (χ0) is 28.9. The second-order valence-corrected chi connectivity index (χ2v) is 11.4. The molecule has 2 saturated heterocycles. The van der Waals surface area contributed by atoms with Gasteiger partial charge in [-0.15, -0.1) is 0 Å². The molecule has 0 bridgehead atoms. The van der Waals surface area contributed by atoms with Crippen molar-refractivity contribution in [2.75, 3.05) is 58.2 Å². The van der Waals surface area contributed by atoms with Crippen LogP contribution in [0.5, 0.6) is 0 Å². The van der Waals surface area contributed by atoms with Gasteiger partial charge in [0, 0.05) is 42.0 Å². The average molecular weight is 555 g/mol. The van der Waals surface area contributed by atoms with Gasteiger partial charge in [0.25, 0.3) is 5.91 Å². The molecule has 2 aromatic rings. The number of carbonyl (C=O) groups excluding carboxylic acids is 1. The van der Waals surface area contributed by atoms with Crippen LogP contribution in [0.2, 0.25) is 0 Å². The van der Waals surface area contributed by atoms with Crippen LogP contribution < -0.4 is 10.6 Å². The molecular weight excluding hydrogens is 508 g/mol. The predicted molar refractivity (Wildman–Crippen MR) is 171 cm³/mol. The summed E-state index contributed by atoms with van der Waals surface area (Å²) in [6.07, 6.45) is 12.1. The molecule has 0 spiro atoms. The third-order valence-electron chi connectivity index (χ3n) is 8.24. The normalized spacial score (nSPS) is 16.7. The van der Waals surface area contributed by atoms with E-state index in [1.54, 1.807) is 6.20 Å². The SMILES string of the molecule is C=N/C=C\c1nc(-c2ccc(C#CC(=O)NCCC3CCN(C)CC3)cc2)cc(NCCCN2CCCCC2)c1C. The number of rotatable bonds is 11. The summed E-state index contributed by atoms with van der Waals surface area (Å²) in [5.74, 6) is 6.22. The Balaban J connectivity index is 1.35. The first-order valence-electron chi connectivity index (χ1n) is 15.2. The molecule has 2 aliphatic heterocycles. The number of nitrogens with zero attached hydrogens (tertiary/aromatic N) is 4. The summed E-state index contributed by atoms with van der Waals surface area (Å²) in [7, 11) is 2.17. The van der Waals surface area contributed by atoms with Crippen LogP contribution in [0.15, 0.2) is 41.5 Å². The molecule has 2 aliphatic rings. The minimum atomic E-state index is -0.217. The van der Waals surface area contributed by atoms with E-state index in [4.69, 9.17) is 4.98 Å². The Morgan fingerprint density at radius 1 is 1.12 bits per heavy atom. The van der Waals surface area contributed by atoms with Crippen LogP contribution >= 0.6 is 0 Å². The number of hydrogen-bond acceptors (Lipinski definition) is 6. The van der Waals surface area contributed by atoms with Crippen molar-refractivity contribution >= 4 is 24.4 Å². The fourth-order valence-corrected chi connectivity index (χ4v) is 5.59. The Bertz CT molecular complexity index is 1230. The maximum Gasteiger partial charge on any atom is 0.296 e. The molecule has 1 aromatic carbocycles. The maximum absolute atomic E-state index is 12.3. The van der Waals surface area contributed by atoms with E-state index in [9.17, 15) is 4.79 Å². The number of carbonyl (C=O) groups is 1.